The lowest BCUT2D eigenvalue weighted by Gasteiger charge is -2.08. The Morgan fingerprint density at radius 2 is 1.71 bits per heavy atom. The normalized spacial score (nSPS) is 10.6. The van der Waals surface area contributed by atoms with Crippen LogP contribution in [0.2, 0.25) is 0 Å². The van der Waals surface area contributed by atoms with Crippen molar-refractivity contribution >= 4 is 28.3 Å². The van der Waals surface area contributed by atoms with Crippen molar-refractivity contribution in [1.82, 2.24) is 9.97 Å². The highest BCUT2D eigenvalue weighted by Gasteiger charge is 2.12. The molecule has 1 N–H and O–H groups in total. The average molecular weight is 370 g/mol. The number of carbonyl (C=O) groups excluding carboxylic acids is 1. The zero-order valence-corrected chi connectivity index (χ0v) is 14.6. The number of non-ortho nitro benzene ring substituents is 1. The smallest absolute Gasteiger partial charge is 0.270 e. The van der Waals surface area contributed by atoms with Gasteiger partial charge in [0, 0.05) is 28.9 Å². The van der Waals surface area contributed by atoms with Crippen LogP contribution >= 0.6 is 0 Å². The molecule has 7 nitrogen and oxygen atoms in total. The lowest BCUT2D eigenvalue weighted by Crippen LogP contribution is -2.12. The van der Waals surface area contributed by atoms with Gasteiger partial charge in [0.2, 0.25) is 0 Å². The van der Waals surface area contributed by atoms with Gasteiger partial charge >= 0.3 is 0 Å². The Morgan fingerprint density at radius 3 is 2.54 bits per heavy atom. The number of fused-ring (bicyclic) bond motifs is 1. The molecule has 0 bridgehead atoms. The predicted molar refractivity (Wildman–Crippen MR) is 106 cm³/mol. The summed E-state index contributed by atoms with van der Waals surface area (Å²) in [7, 11) is 0. The standard InChI is InChI=1S/C21H14N4O3/c26-21(15-6-4-8-17(12-15)25(27)28)23-16-7-3-5-14(11-16)20-13-22-18-9-1-2-10-19(18)24-20/h1-13H,(H,23,26). The van der Waals surface area contributed by atoms with Crippen LogP contribution in [0.15, 0.2) is 79.0 Å². The van der Waals surface area contributed by atoms with Crippen molar-refractivity contribution in [3.63, 3.8) is 0 Å². The molecule has 4 aromatic rings. The Kier molecular flexibility index (Phi) is 4.47. The molecule has 136 valence electrons. The number of carbonyl (C=O) groups is 1. The zero-order chi connectivity index (χ0) is 19.5. The molecular weight excluding hydrogens is 356 g/mol. The molecule has 0 aliphatic rings. The second-order valence-electron chi connectivity index (χ2n) is 6.09. The van der Waals surface area contributed by atoms with E-state index >= 15 is 0 Å². The van der Waals surface area contributed by atoms with Crippen molar-refractivity contribution in [2.45, 2.75) is 0 Å². The fraction of sp³-hybridized carbons (Fsp3) is 0. The first-order chi connectivity index (χ1) is 13.6. The van der Waals surface area contributed by atoms with Crippen LogP contribution < -0.4 is 5.32 Å². The van der Waals surface area contributed by atoms with Gasteiger partial charge in [-0.3, -0.25) is 19.9 Å². The molecule has 1 aromatic heterocycles. The van der Waals surface area contributed by atoms with E-state index in [4.69, 9.17) is 0 Å². The third-order valence-corrected chi connectivity index (χ3v) is 4.18. The largest absolute Gasteiger partial charge is 0.322 e. The Hall–Kier alpha value is -4.13. The molecule has 4 rings (SSSR count). The summed E-state index contributed by atoms with van der Waals surface area (Å²) in [5.74, 6) is -0.426. The summed E-state index contributed by atoms with van der Waals surface area (Å²) in [5, 5.41) is 13.7. The van der Waals surface area contributed by atoms with Crippen LogP contribution in [0.4, 0.5) is 11.4 Å². The number of amides is 1. The minimum atomic E-state index is -0.532. The van der Waals surface area contributed by atoms with E-state index in [0.717, 1.165) is 16.6 Å². The Labute approximate surface area is 159 Å². The van der Waals surface area contributed by atoms with Crippen LogP contribution in [-0.4, -0.2) is 20.8 Å². The lowest BCUT2D eigenvalue weighted by molar-refractivity contribution is -0.384. The minimum absolute atomic E-state index is 0.132. The number of nitrogens with one attached hydrogen (secondary N) is 1. The number of anilines is 1. The van der Waals surface area contributed by atoms with E-state index in [2.05, 4.69) is 15.3 Å². The summed E-state index contributed by atoms with van der Waals surface area (Å²) < 4.78 is 0. The third kappa shape index (κ3) is 3.54. The maximum atomic E-state index is 12.4. The molecule has 7 heteroatoms. The number of nitrogens with zero attached hydrogens (tertiary/aromatic N) is 3. The first kappa shape index (κ1) is 17.3. The number of para-hydroxylation sites is 2. The zero-order valence-electron chi connectivity index (χ0n) is 14.6. The molecule has 0 aliphatic carbocycles. The Bertz CT molecular complexity index is 1210. The molecule has 0 saturated heterocycles. The van der Waals surface area contributed by atoms with Gasteiger partial charge in [-0.1, -0.05) is 30.3 Å². The van der Waals surface area contributed by atoms with Gasteiger partial charge in [-0.15, -0.1) is 0 Å². The number of rotatable bonds is 4. The van der Waals surface area contributed by atoms with E-state index in [1.54, 1.807) is 24.4 Å². The highest BCUT2D eigenvalue weighted by Crippen LogP contribution is 2.23. The highest BCUT2D eigenvalue weighted by atomic mass is 16.6. The maximum Gasteiger partial charge on any atom is 0.270 e. The fourth-order valence-electron chi connectivity index (χ4n) is 2.82. The van der Waals surface area contributed by atoms with Crippen LogP contribution in [0.5, 0.6) is 0 Å². The van der Waals surface area contributed by atoms with E-state index in [-0.39, 0.29) is 11.3 Å². The van der Waals surface area contributed by atoms with Crippen LogP contribution in [0.25, 0.3) is 22.3 Å². The van der Waals surface area contributed by atoms with E-state index in [9.17, 15) is 14.9 Å². The molecule has 28 heavy (non-hydrogen) atoms. The molecule has 1 heterocycles. The van der Waals surface area contributed by atoms with Crippen molar-refractivity contribution in [2.24, 2.45) is 0 Å². The van der Waals surface area contributed by atoms with E-state index in [1.807, 2.05) is 30.3 Å². The number of nitro benzene ring substituents is 1. The average Bonchev–Trinajstić information content (AvgIpc) is 2.73. The first-order valence-electron chi connectivity index (χ1n) is 8.48. The maximum absolute atomic E-state index is 12.4. The van der Waals surface area contributed by atoms with Crippen molar-refractivity contribution in [1.29, 1.82) is 0 Å². The van der Waals surface area contributed by atoms with E-state index < -0.39 is 10.8 Å². The van der Waals surface area contributed by atoms with E-state index in [0.29, 0.717) is 11.4 Å². The number of aromatic nitrogens is 2. The van der Waals surface area contributed by atoms with Crippen molar-refractivity contribution < 1.29 is 9.72 Å². The molecule has 0 saturated carbocycles. The van der Waals surface area contributed by atoms with Gasteiger partial charge < -0.3 is 5.32 Å². The van der Waals surface area contributed by atoms with Crippen molar-refractivity contribution in [3.8, 4) is 11.3 Å². The Morgan fingerprint density at radius 1 is 0.929 bits per heavy atom. The van der Waals surface area contributed by atoms with Crippen LogP contribution in [0.3, 0.4) is 0 Å². The van der Waals surface area contributed by atoms with Gasteiger partial charge in [0.05, 0.1) is 27.8 Å². The summed E-state index contributed by atoms with van der Waals surface area (Å²) in [5.41, 5.74) is 3.72. The third-order valence-electron chi connectivity index (χ3n) is 4.18. The predicted octanol–water partition coefficient (Wildman–Crippen LogP) is 4.46. The van der Waals surface area contributed by atoms with Crippen molar-refractivity contribution in [3.05, 3.63) is 94.7 Å². The van der Waals surface area contributed by atoms with Crippen LogP contribution in [0, 0.1) is 10.1 Å². The van der Waals surface area contributed by atoms with E-state index in [1.165, 1.54) is 24.3 Å². The summed E-state index contributed by atoms with van der Waals surface area (Å²) in [6.07, 6.45) is 1.68. The molecule has 0 atom stereocenters. The molecule has 0 spiro atoms. The van der Waals surface area contributed by atoms with Gasteiger partial charge in [-0.05, 0) is 30.3 Å². The highest BCUT2D eigenvalue weighted by molar-refractivity contribution is 6.04. The molecule has 0 radical (unpaired) electrons. The van der Waals surface area contributed by atoms with Gasteiger partial charge in [0.15, 0.2) is 0 Å². The van der Waals surface area contributed by atoms with Crippen LogP contribution in [0.1, 0.15) is 10.4 Å². The number of hydrogen-bond donors (Lipinski definition) is 1. The Balaban J connectivity index is 1.60. The summed E-state index contributed by atoms with van der Waals surface area (Å²) in [6, 6.07) is 20.4. The second-order valence-corrected chi connectivity index (χ2v) is 6.09. The minimum Gasteiger partial charge on any atom is -0.322 e. The van der Waals surface area contributed by atoms with Gasteiger partial charge in [-0.2, -0.15) is 0 Å². The van der Waals surface area contributed by atoms with Gasteiger partial charge in [0.1, 0.15) is 0 Å². The monoisotopic (exact) mass is 370 g/mol. The van der Waals surface area contributed by atoms with Crippen molar-refractivity contribution in [2.75, 3.05) is 5.32 Å². The molecule has 3 aromatic carbocycles. The topological polar surface area (TPSA) is 98.0 Å². The fourth-order valence-corrected chi connectivity index (χ4v) is 2.82. The van der Waals surface area contributed by atoms with Crippen LogP contribution in [-0.2, 0) is 0 Å². The molecule has 0 fully saturated rings. The molecule has 1 amide bonds. The summed E-state index contributed by atoms with van der Waals surface area (Å²) >= 11 is 0. The molecule has 0 aliphatic heterocycles. The number of benzene rings is 3. The van der Waals surface area contributed by atoms with Gasteiger partial charge in [0.25, 0.3) is 11.6 Å². The second kappa shape index (κ2) is 7.24. The number of hydrogen-bond acceptors (Lipinski definition) is 5. The first-order valence-corrected chi connectivity index (χ1v) is 8.48. The summed E-state index contributed by atoms with van der Waals surface area (Å²) in [4.78, 5) is 31.8. The SMILES string of the molecule is O=C(Nc1cccc(-c2cnc3ccccc3n2)c1)c1cccc([N+](=O)[O-])c1. The molecular formula is C21H14N4O3. The number of nitro groups is 1. The lowest BCUT2D eigenvalue weighted by atomic mass is 10.1. The molecule has 0 unspecified atom stereocenters. The van der Waals surface area contributed by atoms with Gasteiger partial charge in [-0.25, -0.2) is 4.98 Å². The summed E-state index contributed by atoms with van der Waals surface area (Å²) in [6.45, 7) is 0. The quantitative estimate of drug-likeness (QED) is 0.422.